The summed E-state index contributed by atoms with van der Waals surface area (Å²) >= 11 is 0. The molecule has 0 radical (unpaired) electrons. The van der Waals surface area contributed by atoms with Crippen molar-refractivity contribution in [1.82, 2.24) is 5.32 Å². The summed E-state index contributed by atoms with van der Waals surface area (Å²) in [6.07, 6.45) is 6.61. The van der Waals surface area contributed by atoms with Crippen molar-refractivity contribution in [2.24, 2.45) is 0 Å². The first-order valence-corrected chi connectivity index (χ1v) is 12.6. The Balaban J connectivity index is 1.48. The molecule has 0 unspecified atom stereocenters. The number of hydrogen-bond acceptors (Lipinski definition) is 5. The van der Waals surface area contributed by atoms with Gasteiger partial charge in [-0.1, -0.05) is 42.5 Å². The second-order valence-electron chi connectivity index (χ2n) is 9.91. The van der Waals surface area contributed by atoms with E-state index in [1.165, 1.54) is 0 Å². The SMILES string of the molecule is CC1=C(C(=O)OC2CCCC2)[C@H](c2cccc3ccccc23)C2=C(C[C@H](c3ccco3)CC2=O)N1. The third kappa shape index (κ3) is 3.89. The molecule has 1 fully saturated rings. The number of nitrogens with one attached hydrogen (secondary N) is 1. The predicted molar refractivity (Wildman–Crippen MR) is 134 cm³/mol. The highest BCUT2D eigenvalue weighted by Crippen LogP contribution is 2.47. The van der Waals surface area contributed by atoms with Crippen LogP contribution in [-0.4, -0.2) is 17.9 Å². The Hall–Kier alpha value is -3.60. The van der Waals surface area contributed by atoms with E-state index in [1.54, 1.807) is 6.26 Å². The van der Waals surface area contributed by atoms with E-state index in [9.17, 15) is 9.59 Å². The molecule has 1 aliphatic heterocycles. The van der Waals surface area contributed by atoms with Gasteiger partial charge in [0.1, 0.15) is 11.9 Å². The first kappa shape index (κ1) is 21.9. The minimum absolute atomic E-state index is 0.0169. The number of Topliss-reactive ketones (excluding diaryl/α,β-unsaturated/α-hetero) is 1. The van der Waals surface area contributed by atoms with Gasteiger partial charge in [0.2, 0.25) is 0 Å². The van der Waals surface area contributed by atoms with Gasteiger partial charge >= 0.3 is 5.97 Å². The summed E-state index contributed by atoms with van der Waals surface area (Å²) in [5.41, 5.74) is 3.86. The average molecular weight is 468 g/mol. The van der Waals surface area contributed by atoms with Crippen LogP contribution in [0.4, 0.5) is 0 Å². The molecule has 1 saturated carbocycles. The van der Waals surface area contributed by atoms with Gasteiger partial charge in [0.25, 0.3) is 0 Å². The minimum Gasteiger partial charge on any atom is -0.469 e. The van der Waals surface area contributed by atoms with Crippen molar-refractivity contribution in [3.05, 3.63) is 94.7 Å². The maximum atomic E-state index is 13.8. The van der Waals surface area contributed by atoms with Crippen molar-refractivity contribution in [3.8, 4) is 0 Å². The molecule has 2 aromatic carbocycles. The molecule has 0 amide bonds. The second kappa shape index (κ2) is 8.88. The fourth-order valence-corrected chi connectivity index (χ4v) is 6.07. The number of fused-ring (bicyclic) bond motifs is 1. The summed E-state index contributed by atoms with van der Waals surface area (Å²) in [4.78, 5) is 27.4. The molecule has 0 spiro atoms. The van der Waals surface area contributed by atoms with Crippen molar-refractivity contribution in [2.45, 2.75) is 63.4 Å². The monoisotopic (exact) mass is 467 g/mol. The molecule has 35 heavy (non-hydrogen) atoms. The number of benzene rings is 2. The highest BCUT2D eigenvalue weighted by atomic mass is 16.5. The summed E-state index contributed by atoms with van der Waals surface area (Å²) in [6, 6.07) is 18.1. The van der Waals surface area contributed by atoms with Crippen LogP contribution in [0.1, 0.15) is 68.6 Å². The zero-order chi connectivity index (χ0) is 23.9. The molecule has 178 valence electrons. The number of ketones is 1. The first-order chi connectivity index (χ1) is 17.1. The van der Waals surface area contributed by atoms with Gasteiger partial charge in [-0.25, -0.2) is 4.79 Å². The van der Waals surface area contributed by atoms with Gasteiger partial charge < -0.3 is 14.5 Å². The summed E-state index contributed by atoms with van der Waals surface area (Å²) in [5, 5.41) is 5.58. The number of hydrogen-bond donors (Lipinski definition) is 1. The zero-order valence-electron chi connectivity index (χ0n) is 19.9. The van der Waals surface area contributed by atoms with E-state index in [1.807, 2.05) is 43.3 Å². The van der Waals surface area contributed by atoms with E-state index in [0.717, 1.165) is 59.2 Å². The number of allylic oxidation sites excluding steroid dienone is 3. The Morgan fingerprint density at radius 3 is 2.60 bits per heavy atom. The minimum atomic E-state index is -0.462. The number of ether oxygens (including phenoxy) is 1. The average Bonchev–Trinajstić information content (AvgIpc) is 3.57. The standard InChI is InChI=1S/C30H29NO4/c1-18-27(30(33)35-21-10-3-4-11-21)28(23-13-6-9-19-8-2-5-12-22(19)23)29-24(31-18)16-20(17-25(29)32)26-14-7-15-34-26/h2,5-9,12-15,20-21,28,31H,3-4,10-11,16-17H2,1H3/t20-,28-/m0/s1. The molecule has 2 atom stereocenters. The van der Waals surface area contributed by atoms with Gasteiger partial charge in [0.05, 0.1) is 11.8 Å². The maximum absolute atomic E-state index is 13.8. The van der Waals surface area contributed by atoms with Crippen LogP contribution in [0.25, 0.3) is 10.8 Å². The Kier molecular flexibility index (Phi) is 5.56. The van der Waals surface area contributed by atoms with Crippen LogP contribution < -0.4 is 5.32 Å². The van der Waals surface area contributed by atoms with Crippen molar-refractivity contribution >= 4 is 22.5 Å². The number of carbonyl (C=O) groups excluding carboxylic acids is 2. The first-order valence-electron chi connectivity index (χ1n) is 12.6. The Morgan fingerprint density at radius 2 is 1.80 bits per heavy atom. The lowest BCUT2D eigenvalue weighted by Crippen LogP contribution is -2.36. The fourth-order valence-electron chi connectivity index (χ4n) is 6.07. The lowest BCUT2D eigenvalue weighted by atomic mass is 9.71. The van der Waals surface area contributed by atoms with Gasteiger partial charge in [-0.2, -0.15) is 0 Å². The zero-order valence-corrected chi connectivity index (χ0v) is 19.9. The molecule has 3 aliphatic rings. The maximum Gasteiger partial charge on any atom is 0.337 e. The van der Waals surface area contributed by atoms with Crippen LogP contribution in [-0.2, 0) is 14.3 Å². The fraction of sp³-hybridized carbons (Fsp3) is 0.333. The van der Waals surface area contributed by atoms with Gasteiger partial charge in [-0.05, 0) is 67.5 Å². The van der Waals surface area contributed by atoms with E-state index >= 15 is 0 Å². The predicted octanol–water partition coefficient (Wildman–Crippen LogP) is 6.28. The Morgan fingerprint density at radius 1 is 1.00 bits per heavy atom. The van der Waals surface area contributed by atoms with Crippen LogP contribution in [0.2, 0.25) is 0 Å². The van der Waals surface area contributed by atoms with Crippen LogP contribution in [0, 0.1) is 0 Å². The molecule has 1 aromatic heterocycles. The topological polar surface area (TPSA) is 68.5 Å². The molecule has 0 bridgehead atoms. The Labute approximate surface area is 204 Å². The van der Waals surface area contributed by atoms with Crippen LogP contribution in [0.15, 0.2) is 87.8 Å². The molecule has 0 saturated heterocycles. The van der Waals surface area contributed by atoms with Crippen LogP contribution >= 0.6 is 0 Å². The third-order valence-electron chi connectivity index (χ3n) is 7.70. The van der Waals surface area contributed by atoms with E-state index in [-0.39, 0.29) is 23.8 Å². The van der Waals surface area contributed by atoms with Crippen molar-refractivity contribution < 1.29 is 18.7 Å². The van der Waals surface area contributed by atoms with Crippen LogP contribution in [0.3, 0.4) is 0 Å². The number of carbonyl (C=O) groups is 2. The number of rotatable bonds is 4. The highest BCUT2D eigenvalue weighted by molar-refractivity contribution is 6.05. The molecule has 2 heterocycles. The van der Waals surface area contributed by atoms with E-state index < -0.39 is 5.92 Å². The lowest BCUT2D eigenvalue weighted by molar-refractivity contribution is -0.144. The van der Waals surface area contributed by atoms with Crippen molar-refractivity contribution in [3.63, 3.8) is 0 Å². The van der Waals surface area contributed by atoms with Gasteiger partial charge in [-0.15, -0.1) is 0 Å². The quantitative estimate of drug-likeness (QED) is 0.457. The third-order valence-corrected chi connectivity index (χ3v) is 7.70. The van der Waals surface area contributed by atoms with Gasteiger partial charge in [0, 0.05) is 35.2 Å². The van der Waals surface area contributed by atoms with Crippen LogP contribution in [0.5, 0.6) is 0 Å². The molecule has 6 rings (SSSR count). The molecular weight excluding hydrogens is 438 g/mol. The van der Waals surface area contributed by atoms with Gasteiger partial charge in [0.15, 0.2) is 5.78 Å². The smallest absolute Gasteiger partial charge is 0.337 e. The molecule has 5 heteroatoms. The molecule has 5 nitrogen and oxygen atoms in total. The Bertz CT molecular complexity index is 1350. The largest absolute Gasteiger partial charge is 0.469 e. The van der Waals surface area contributed by atoms with E-state index in [2.05, 4.69) is 23.5 Å². The van der Waals surface area contributed by atoms with Crippen molar-refractivity contribution in [1.29, 1.82) is 0 Å². The molecular formula is C30H29NO4. The number of furan rings is 1. The van der Waals surface area contributed by atoms with E-state index in [4.69, 9.17) is 9.15 Å². The lowest BCUT2D eigenvalue weighted by Gasteiger charge is -2.36. The molecule has 1 N–H and O–H groups in total. The van der Waals surface area contributed by atoms with Gasteiger partial charge in [-0.3, -0.25) is 4.79 Å². The number of esters is 1. The van der Waals surface area contributed by atoms with Crippen molar-refractivity contribution in [2.75, 3.05) is 0 Å². The summed E-state index contributed by atoms with van der Waals surface area (Å²) in [5.74, 6) is 0.0820. The number of dihydropyridines is 1. The highest BCUT2D eigenvalue weighted by Gasteiger charge is 2.42. The summed E-state index contributed by atoms with van der Waals surface area (Å²) in [7, 11) is 0. The second-order valence-corrected chi connectivity index (χ2v) is 9.91. The summed E-state index contributed by atoms with van der Waals surface area (Å²) < 4.78 is 11.6. The summed E-state index contributed by atoms with van der Waals surface area (Å²) in [6.45, 7) is 1.92. The normalized spacial score (nSPS) is 22.9. The molecule has 2 aliphatic carbocycles. The van der Waals surface area contributed by atoms with E-state index in [0.29, 0.717) is 24.0 Å². The molecule has 3 aromatic rings.